The van der Waals surface area contributed by atoms with Gasteiger partial charge in [0.15, 0.2) is 0 Å². The van der Waals surface area contributed by atoms with Crippen LogP contribution < -0.4 is 5.73 Å². The van der Waals surface area contributed by atoms with Gasteiger partial charge in [0.1, 0.15) is 5.82 Å². The molecule has 1 fully saturated rings. The van der Waals surface area contributed by atoms with Gasteiger partial charge in [-0.15, -0.1) is 0 Å². The van der Waals surface area contributed by atoms with Crippen LogP contribution in [0.15, 0.2) is 48.5 Å². The lowest BCUT2D eigenvalue weighted by molar-refractivity contribution is 0.0689. The molecule has 3 rings (SSSR count). The molecule has 1 aliphatic rings. The molecule has 3 nitrogen and oxygen atoms in total. The molecule has 0 bridgehead atoms. The molecule has 2 N–H and O–H groups in total. The summed E-state index contributed by atoms with van der Waals surface area (Å²) in [4.78, 5) is 14.5. The van der Waals surface area contributed by atoms with Crippen LogP contribution in [0.2, 0.25) is 0 Å². The molecule has 0 radical (unpaired) electrons. The van der Waals surface area contributed by atoms with Gasteiger partial charge in [0.2, 0.25) is 0 Å². The van der Waals surface area contributed by atoms with Crippen molar-refractivity contribution in [3.05, 3.63) is 71.0 Å². The van der Waals surface area contributed by atoms with Gasteiger partial charge in [-0.25, -0.2) is 4.39 Å². The van der Waals surface area contributed by atoms with E-state index in [2.05, 4.69) is 31.2 Å². The number of halogens is 1. The zero-order chi connectivity index (χ0) is 17.1. The molecule has 24 heavy (non-hydrogen) atoms. The molecule has 2 atom stereocenters. The van der Waals surface area contributed by atoms with E-state index in [1.54, 1.807) is 4.90 Å². The van der Waals surface area contributed by atoms with Crippen LogP contribution in [0.4, 0.5) is 4.39 Å². The van der Waals surface area contributed by atoms with Gasteiger partial charge in [-0.2, -0.15) is 0 Å². The second-order valence-corrected chi connectivity index (χ2v) is 6.50. The third kappa shape index (κ3) is 3.65. The summed E-state index contributed by atoms with van der Waals surface area (Å²) in [6.45, 7) is 3.32. The van der Waals surface area contributed by atoms with E-state index in [1.165, 1.54) is 35.4 Å². The molecule has 2 aromatic carbocycles. The summed E-state index contributed by atoms with van der Waals surface area (Å²) in [5.41, 5.74) is 9.23. The van der Waals surface area contributed by atoms with Crippen molar-refractivity contribution in [2.75, 3.05) is 13.1 Å². The van der Waals surface area contributed by atoms with Crippen LogP contribution in [-0.2, 0) is 6.42 Å². The Morgan fingerprint density at radius 2 is 1.79 bits per heavy atom. The van der Waals surface area contributed by atoms with E-state index in [0.29, 0.717) is 18.7 Å². The van der Waals surface area contributed by atoms with Crippen molar-refractivity contribution < 1.29 is 9.18 Å². The Hall–Kier alpha value is -2.20. The standard InChI is InChI=1S/C20H23FN2O/c1-2-14-3-5-15(6-4-14)17-11-19(22)13-23(12-17)20(24)16-7-9-18(21)10-8-16/h3-10,17,19H,2,11-13,22H2,1H3. The first-order valence-electron chi connectivity index (χ1n) is 8.46. The summed E-state index contributed by atoms with van der Waals surface area (Å²) < 4.78 is 13.1. The maximum Gasteiger partial charge on any atom is 0.253 e. The minimum Gasteiger partial charge on any atom is -0.336 e. The molecule has 1 saturated heterocycles. The molecule has 2 aromatic rings. The van der Waals surface area contributed by atoms with Crippen LogP contribution in [0.1, 0.15) is 40.7 Å². The normalized spacial score (nSPS) is 20.9. The Labute approximate surface area is 142 Å². The van der Waals surface area contributed by atoms with Gasteiger partial charge in [-0.05, 0) is 48.2 Å². The fraction of sp³-hybridized carbons (Fsp3) is 0.350. The number of nitrogens with zero attached hydrogens (tertiary/aromatic N) is 1. The van der Waals surface area contributed by atoms with Crippen LogP contribution in [0.5, 0.6) is 0 Å². The van der Waals surface area contributed by atoms with E-state index in [1.807, 2.05) is 0 Å². The number of piperidine rings is 1. The number of likely N-dealkylation sites (tertiary alicyclic amines) is 1. The molecule has 1 aliphatic heterocycles. The number of amides is 1. The van der Waals surface area contributed by atoms with Gasteiger partial charge in [0.25, 0.3) is 5.91 Å². The number of aryl methyl sites for hydroxylation is 1. The van der Waals surface area contributed by atoms with E-state index >= 15 is 0 Å². The SMILES string of the molecule is CCc1ccc(C2CC(N)CN(C(=O)c3ccc(F)cc3)C2)cc1. The van der Waals surface area contributed by atoms with E-state index in [0.717, 1.165) is 12.8 Å². The second-order valence-electron chi connectivity index (χ2n) is 6.50. The molecule has 4 heteroatoms. The van der Waals surface area contributed by atoms with Gasteiger partial charge in [0.05, 0.1) is 0 Å². The largest absolute Gasteiger partial charge is 0.336 e. The van der Waals surface area contributed by atoms with Crippen molar-refractivity contribution >= 4 is 5.91 Å². The van der Waals surface area contributed by atoms with E-state index in [4.69, 9.17) is 5.73 Å². The summed E-state index contributed by atoms with van der Waals surface area (Å²) in [6, 6.07) is 14.2. The van der Waals surface area contributed by atoms with Crippen LogP contribution in [-0.4, -0.2) is 29.9 Å². The molecular weight excluding hydrogens is 303 g/mol. The number of rotatable bonds is 3. The fourth-order valence-electron chi connectivity index (χ4n) is 3.35. The molecule has 0 aliphatic carbocycles. The zero-order valence-electron chi connectivity index (χ0n) is 13.9. The quantitative estimate of drug-likeness (QED) is 0.940. The van der Waals surface area contributed by atoms with Crippen molar-refractivity contribution in [2.24, 2.45) is 5.73 Å². The highest BCUT2D eigenvalue weighted by molar-refractivity contribution is 5.94. The lowest BCUT2D eigenvalue weighted by Gasteiger charge is -2.36. The summed E-state index contributed by atoms with van der Waals surface area (Å²) in [5, 5.41) is 0. The van der Waals surface area contributed by atoms with Gasteiger partial charge in [0, 0.05) is 30.6 Å². The van der Waals surface area contributed by atoms with Crippen molar-refractivity contribution in [3.8, 4) is 0 Å². The van der Waals surface area contributed by atoms with Crippen LogP contribution >= 0.6 is 0 Å². The highest BCUT2D eigenvalue weighted by Gasteiger charge is 2.29. The number of carbonyl (C=O) groups is 1. The first-order valence-corrected chi connectivity index (χ1v) is 8.46. The van der Waals surface area contributed by atoms with Crippen molar-refractivity contribution in [1.29, 1.82) is 0 Å². The average molecular weight is 326 g/mol. The average Bonchev–Trinajstić information content (AvgIpc) is 2.61. The molecule has 1 amide bonds. The molecule has 0 aromatic heterocycles. The highest BCUT2D eigenvalue weighted by Crippen LogP contribution is 2.27. The van der Waals surface area contributed by atoms with Gasteiger partial charge < -0.3 is 10.6 Å². The Morgan fingerprint density at radius 3 is 2.42 bits per heavy atom. The highest BCUT2D eigenvalue weighted by atomic mass is 19.1. The van der Waals surface area contributed by atoms with E-state index < -0.39 is 0 Å². The van der Waals surface area contributed by atoms with Gasteiger partial charge in [-0.3, -0.25) is 4.79 Å². The number of hydrogen-bond donors (Lipinski definition) is 1. The predicted octanol–water partition coefficient (Wildman–Crippen LogP) is 3.35. The second kappa shape index (κ2) is 7.14. The lowest BCUT2D eigenvalue weighted by atomic mass is 9.87. The van der Waals surface area contributed by atoms with Crippen molar-refractivity contribution in [3.63, 3.8) is 0 Å². The third-order valence-electron chi connectivity index (χ3n) is 4.72. The predicted molar refractivity (Wildman–Crippen MR) is 93.5 cm³/mol. The van der Waals surface area contributed by atoms with Gasteiger partial charge >= 0.3 is 0 Å². The zero-order valence-corrected chi connectivity index (χ0v) is 13.9. The van der Waals surface area contributed by atoms with Crippen LogP contribution in [0, 0.1) is 5.82 Å². The smallest absolute Gasteiger partial charge is 0.253 e. The number of carbonyl (C=O) groups excluding carboxylic acids is 1. The molecular formula is C20H23FN2O. The fourth-order valence-corrected chi connectivity index (χ4v) is 3.35. The third-order valence-corrected chi connectivity index (χ3v) is 4.72. The van der Waals surface area contributed by atoms with E-state index in [-0.39, 0.29) is 23.7 Å². The minimum atomic E-state index is -0.337. The van der Waals surface area contributed by atoms with Crippen LogP contribution in [0.25, 0.3) is 0 Å². The monoisotopic (exact) mass is 326 g/mol. The molecule has 1 heterocycles. The molecule has 0 saturated carbocycles. The Morgan fingerprint density at radius 1 is 1.12 bits per heavy atom. The summed E-state index contributed by atoms with van der Waals surface area (Å²) in [5.74, 6) is -0.180. The summed E-state index contributed by atoms with van der Waals surface area (Å²) in [7, 11) is 0. The Kier molecular flexibility index (Phi) is 4.95. The van der Waals surface area contributed by atoms with E-state index in [9.17, 15) is 9.18 Å². The lowest BCUT2D eigenvalue weighted by Crippen LogP contribution is -2.48. The Bertz CT molecular complexity index is 697. The first kappa shape index (κ1) is 16.7. The van der Waals surface area contributed by atoms with Crippen LogP contribution in [0.3, 0.4) is 0 Å². The summed E-state index contributed by atoms with van der Waals surface area (Å²) >= 11 is 0. The maximum absolute atomic E-state index is 13.1. The van der Waals surface area contributed by atoms with Crippen molar-refractivity contribution in [1.82, 2.24) is 4.90 Å². The number of benzene rings is 2. The maximum atomic E-state index is 13.1. The molecule has 0 spiro atoms. The Balaban J connectivity index is 1.77. The molecule has 2 unspecified atom stereocenters. The number of nitrogens with two attached hydrogens (primary N) is 1. The van der Waals surface area contributed by atoms with Crippen molar-refractivity contribution in [2.45, 2.75) is 31.7 Å². The number of hydrogen-bond acceptors (Lipinski definition) is 2. The minimum absolute atomic E-state index is 0.0426. The topological polar surface area (TPSA) is 46.3 Å². The van der Waals surface area contributed by atoms with Gasteiger partial charge in [-0.1, -0.05) is 31.2 Å². The summed E-state index contributed by atoms with van der Waals surface area (Å²) in [6.07, 6.45) is 1.89. The first-order chi connectivity index (χ1) is 11.6. The molecule has 126 valence electrons.